The van der Waals surface area contributed by atoms with E-state index >= 15 is 0 Å². The SMILES string of the molecule is Cc1ccc(S(=O)(=O)OCSC2Sc3ccccc3N2C)cc1. The molecule has 122 valence electrons. The number of thioether (sulfide) groups is 2. The summed E-state index contributed by atoms with van der Waals surface area (Å²) in [4.78, 5) is 3.53. The van der Waals surface area contributed by atoms with Gasteiger partial charge in [0.2, 0.25) is 0 Å². The molecule has 4 nitrogen and oxygen atoms in total. The van der Waals surface area contributed by atoms with Crippen molar-refractivity contribution in [1.82, 2.24) is 0 Å². The molecule has 0 spiro atoms. The van der Waals surface area contributed by atoms with Crippen molar-refractivity contribution in [3.05, 3.63) is 54.1 Å². The van der Waals surface area contributed by atoms with Gasteiger partial charge in [-0.15, -0.1) is 0 Å². The van der Waals surface area contributed by atoms with Gasteiger partial charge >= 0.3 is 0 Å². The minimum Gasteiger partial charge on any atom is -0.353 e. The van der Waals surface area contributed by atoms with Crippen molar-refractivity contribution in [3.8, 4) is 0 Å². The molecule has 0 aromatic heterocycles. The van der Waals surface area contributed by atoms with E-state index in [4.69, 9.17) is 4.18 Å². The van der Waals surface area contributed by atoms with E-state index in [-0.39, 0.29) is 15.5 Å². The molecule has 0 fully saturated rings. The maximum atomic E-state index is 12.2. The summed E-state index contributed by atoms with van der Waals surface area (Å²) in [6.07, 6.45) is 0. The van der Waals surface area contributed by atoms with E-state index in [2.05, 4.69) is 17.0 Å². The third kappa shape index (κ3) is 3.68. The Labute approximate surface area is 145 Å². The van der Waals surface area contributed by atoms with Gasteiger partial charge in [0.05, 0.1) is 10.6 Å². The van der Waals surface area contributed by atoms with Crippen molar-refractivity contribution in [2.75, 3.05) is 17.9 Å². The van der Waals surface area contributed by atoms with Gasteiger partial charge in [0, 0.05) is 11.9 Å². The zero-order chi connectivity index (χ0) is 16.4. The van der Waals surface area contributed by atoms with E-state index in [1.54, 1.807) is 36.0 Å². The third-order valence-corrected chi connectivity index (χ3v) is 7.61. The van der Waals surface area contributed by atoms with Gasteiger partial charge in [0.25, 0.3) is 10.1 Å². The summed E-state index contributed by atoms with van der Waals surface area (Å²) in [5.74, 6) is 0.0895. The first-order valence-electron chi connectivity index (χ1n) is 7.03. The number of aryl methyl sites for hydroxylation is 1. The first kappa shape index (κ1) is 16.7. The number of hydrogen-bond donors (Lipinski definition) is 0. The second-order valence-corrected chi connectivity index (χ2v) is 9.22. The van der Waals surface area contributed by atoms with Crippen LogP contribution in [-0.4, -0.2) is 26.1 Å². The minimum atomic E-state index is -3.70. The number of anilines is 1. The van der Waals surface area contributed by atoms with Crippen molar-refractivity contribution in [2.45, 2.75) is 21.4 Å². The van der Waals surface area contributed by atoms with Gasteiger partial charge in [0.1, 0.15) is 10.6 Å². The second kappa shape index (κ2) is 6.76. The molecule has 0 saturated carbocycles. The number of benzene rings is 2. The van der Waals surface area contributed by atoms with Crippen LogP contribution in [0.25, 0.3) is 0 Å². The molecule has 1 aliphatic rings. The number of hydrogen-bond acceptors (Lipinski definition) is 6. The summed E-state index contributed by atoms with van der Waals surface area (Å²) in [5.41, 5.74) is 2.18. The van der Waals surface area contributed by atoms with Gasteiger partial charge in [-0.05, 0) is 31.2 Å². The predicted octanol–water partition coefficient (Wildman–Crippen LogP) is 3.92. The lowest BCUT2D eigenvalue weighted by Gasteiger charge is -2.20. The molecule has 0 radical (unpaired) electrons. The minimum absolute atomic E-state index is 0.0895. The number of para-hydroxylation sites is 1. The molecule has 1 heterocycles. The lowest BCUT2D eigenvalue weighted by atomic mass is 10.2. The molecule has 0 saturated heterocycles. The maximum absolute atomic E-state index is 12.2. The highest BCUT2D eigenvalue weighted by Gasteiger charge is 2.28. The van der Waals surface area contributed by atoms with E-state index in [0.717, 1.165) is 11.3 Å². The molecule has 2 aromatic carbocycles. The Morgan fingerprint density at radius 2 is 1.87 bits per heavy atom. The highest BCUT2D eigenvalue weighted by atomic mass is 32.2. The Hall–Kier alpha value is -1.15. The normalized spacial score (nSPS) is 17.3. The van der Waals surface area contributed by atoms with Crippen molar-refractivity contribution in [1.29, 1.82) is 0 Å². The van der Waals surface area contributed by atoms with Crippen LogP contribution in [0.4, 0.5) is 5.69 Å². The summed E-state index contributed by atoms with van der Waals surface area (Å²) in [7, 11) is -1.70. The Morgan fingerprint density at radius 1 is 1.17 bits per heavy atom. The lowest BCUT2D eigenvalue weighted by Crippen LogP contribution is -2.22. The molecule has 7 heteroatoms. The van der Waals surface area contributed by atoms with Gasteiger partial charge < -0.3 is 4.90 Å². The molecule has 2 aromatic rings. The van der Waals surface area contributed by atoms with Crippen LogP contribution in [0.3, 0.4) is 0 Å². The van der Waals surface area contributed by atoms with Crippen LogP contribution in [0.5, 0.6) is 0 Å². The quantitative estimate of drug-likeness (QED) is 0.590. The maximum Gasteiger partial charge on any atom is 0.297 e. The Bertz CT molecular complexity index is 790. The zero-order valence-electron chi connectivity index (χ0n) is 12.8. The molecular formula is C16H17NO3S3. The fraction of sp³-hybridized carbons (Fsp3) is 0.250. The highest BCUT2D eigenvalue weighted by Crippen LogP contribution is 2.46. The van der Waals surface area contributed by atoms with Crippen LogP contribution >= 0.6 is 23.5 Å². The fourth-order valence-corrected chi connectivity index (χ4v) is 5.73. The monoisotopic (exact) mass is 367 g/mol. The van der Waals surface area contributed by atoms with Gasteiger partial charge in [0.15, 0.2) is 0 Å². The van der Waals surface area contributed by atoms with E-state index in [1.807, 2.05) is 26.1 Å². The molecule has 3 rings (SSSR count). The molecule has 0 N–H and O–H groups in total. The standard InChI is InChI=1S/C16H17NO3S3/c1-12-7-9-13(10-8-12)23(18,19)20-11-21-16-17(2)14-5-3-4-6-15(14)22-16/h3-10,16H,11H2,1-2H3. The first-order valence-corrected chi connectivity index (χ1v) is 10.4. The summed E-state index contributed by atoms with van der Waals surface area (Å²) in [6.45, 7) is 1.91. The summed E-state index contributed by atoms with van der Waals surface area (Å²) in [5, 5.41) is 0. The molecule has 0 aliphatic carbocycles. The number of nitrogens with zero attached hydrogens (tertiary/aromatic N) is 1. The summed E-state index contributed by atoms with van der Waals surface area (Å²) < 4.78 is 29.6. The van der Waals surface area contributed by atoms with Crippen LogP contribution in [0, 0.1) is 6.92 Å². The van der Waals surface area contributed by atoms with Crippen LogP contribution in [0.1, 0.15) is 5.56 Å². The largest absolute Gasteiger partial charge is 0.353 e. The topological polar surface area (TPSA) is 46.6 Å². The van der Waals surface area contributed by atoms with Gasteiger partial charge in [-0.2, -0.15) is 8.42 Å². The third-order valence-electron chi connectivity index (χ3n) is 3.51. The Balaban J connectivity index is 1.59. The molecule has 1 aliphatic heterocycles. The molecular weight excluding hydrogens is 350 g/mol. The Morgan fingerprint density at radius 3 is 2.57 bits per heavy atom. The van der Waals surface area contributed by atoms with Crippen molar-refractivity contribution < 1.29 is 12.6 Å². The van der Waals surface area contributed by atoms with E-state index in [0.29, 0.717) is 0 Å². The lowest BCUT2D eigenvalue weighted by molar-refractivity contribution is 0.381. The van der Waals surface area contributed by atoms with Gasteiger partial charge in [-0.25, -0.2) is 0 Å². The highest BCUT2D eigenvalue weighted by molar-refractivity contribution is 8.17. The van der Waals surface area contributed by atoms with E-state index < -0.39 is 10.1 Å². The smallest absolute Gasteiger partial charge is 0.297 e. The average molecular weight is 368 g/mol. The molecule has 1 unspecified atom stereocenters. The van der Waals surface area contributed by atoms with Crippen molar-refractivity contribution in [2.24, 2.45) is 0 Å². The van der Waals surface area contributed by atoms with Crippen molar-refractivity contribution >= 4 is 39.3 Å². The molecule has 1 atom stereocenters. The average Bonchev–Trinajstić information content (AvgIpc) is 2.84. The van der Waals surface area contributed by atoms with Crippen LogP contribution < -0.4 is 4.90 Å². The molecule has 0 bridgehead atoms. The molecule has 23 heavy (non-hydrogen) atoms. The number of fused-ring (bicyclic) bond motifs is 1. The van der Waals surface area contributed by atoms with Crippen molar-refractivity contribution in [3.63, 3.8) is 0 Å². The van der Waals surface area contributed by atoms with Gasteiger partial charge in [-0.3, -0.25) is 4.18 Å². The second-order valence-electron chi connectivity index (χ2n) is 5.17. The first-order chi connectivity index (χ1) is 11.0. The van der Waals surface area contributed by atoms with E-state index in [1.165, 1.54) is 16.7 Å². The Kier molecular flexibility index (Phi) is 4.91. The van der Waals surface area contributed by atoms with Crippen LogP contribution in [0.15, 0.2) is 58.3 Å². The van der Waals surface area contributed by atoms with Crippen LogP contribution in [-0.2, 0) is 14.3 Å². The predicted molar refractivity (Wildman–Crippen MR) is 96.4 cm³/mol. The zero-order valence-corrected chi connectivity index (χ0v) is 15.2. The van der Waals surface area contributed by atoms with E-state index in [9.17, 15) is 8.42 Å². The summed E-state index contributed by atoms with van der Waals surface area (Å²) in [6, 6.07) is 14.8. The van der Waals surface area contributed by atoms with Gasteiger partial charge in [-0.1, -0.05) is 53.4 Å². The molecule has 0 amide bonds. The fourth-order valence-electron chi connectivity index (χ4n) is 2.22. The number of rotatable bonds is 5. The van der Waals surface area contributed by atoms with Crippen LogP contribution in [0.2, 0.25) is 0 Å². The summed E-state index contributed by atoms with van der Waals surface area (Å²) >= 11 is 3.17.